The molecule has 0 saturated heterocycles. The predicted molar refractivity (Wildman–Crippen MR) is 61.4 cm³/mol. The summed E-state index contributed by atoms with van der Waals surface area (Å²) in [6.45, 7) is 4.22. The summed E-state index contributed by atoms with van der Waals surface area (Å²) >= 11 is 5.61. The zero-order valence-electron chi connectivity index (χ0n) is 8.93. The molecule has 14 heavy (non-hydrogen) atoms. The van der Waals surface area contributed by atoms with Crippen molar-refractivity contribution >= 4 is 11.6 Å². The van der Waals surface area contributed by atoms with Crippen LogP contribution in [0.25, 0.3) is 0 Å². The fraction of sp³-hybridized carbons (Fsp3) is 0.833. The highest BCUT2D eigenvalue weighted by Crippen LogP contribution is 2.47. The molecule has 0 spiro atoms. The summed E-state index contributed by atoms with van der Waals surface area (Å²) in [6.07, 6.45) is 5.97. The van der Waals surface area contributed by atoms with Crippen molar-refractivity contribution in [3.05, 3.63) is 11.1 Å². The Balaban J connectivity index is 1.67. The summed E-state index contributed by atoms with van der Waals surface area (Å²) < 4.78 is 0. The first-order valence-electron chi connectivity index (χ1n) is 5.76. The van der Waals surface area contributed by atoms with E-state index in [1.54, 1.807) is 5.54 Å². The van der Waals surface area contributed by atoms with Gasteiger partial charge in [-0.1, -0.05) is 18.0 Å². The first-order chi connectivity index (χ1) is 6.79. The second kappa shape index (κ2) is 4.67. The molecule has 2 bridgehead atoms. The Bertz CT molecular complexity index is 224. The molecule has 3 unspecified atom stereocenters. The minimum Gasteiger partial charge on any atom is -0.313 e. The van der Waals surface area contributed by atoms with Crippen LogP contribution >= 0.6 is 11.6 Å². The molecule has 3 atom stereocenters. The molecule has 2 aliphatic rings. The first-order valence-corrected chi connectivity index (χ1v) is 6.20. The Labute approximate surface area is 91.9 Å². The summed E-state index contributed by atoms with van der Waals surface area (Å²) in [5, 5.41) is 3.51. The molecule has 0 aromatic rings. The van der Waals surface area contributed by atoms with Crippen molar-refractivity contribution in [1.29, 1.82) is 0 Å². The summed E-state index contributed by atoms with van der Waals surface area (Å²) in [7, 11) is 0. The maximum atomic E-state index is 5.61. The Morgan fingerprint density at radius 2 is 2.29 bits per heavy atom. The average molecular weight is 214 g/mol. The van der Waals surface area contributed by atoms with Gasteiger partial charge in [0.05, 0.1) is 0 Å². The largest absolute Gasteiger partial charge is 0.313 e. The van der Waals surface area contributed by atoms with Gasteiger partial charge in [0.25, 0.3) is 0 Å². The topological polar surface area (TPSA) is 12.0 Å². The van der Waals surface area contributed by atoms with Gasteiger partial charge >= 0.3 is 0 Å². The van der Waals surface area contributed by atoms with Crippen LogP contribution < -0.4 is 5.32 Å². The molecule has 1 nitrogen and oxygen atoms in total. The van der Waals surface area contributed by atoms with Gasteiger partial charge in [-0.2, -0.15) is 0 Å². The van der Waals surface area contributed by atoms with Crippen LogP contribution in [0.15, 0.2) is 11.1 Å². The quantitative estimate of drug-likeness (QED) is 0.757. The molecule has 0 radical (unpaired) electrons. The summed E-state index contributed by atoms with van der Waals surface area (Å²) in [4.78, 5) is 0. The summed E-state index contributed by atoms with van der Waals surface area (Å²) in [5.41, 5.74) is 2.91. The van der Waals surface area contributed by atoms with Crippen LogP contribution in [0.1, 0.15) is 32.6 Å². The number of fused-ring (bicyclic) bond motifs is 2. The van der Waals surface area contributed by atoms with Crippen molar-refractivity contribution in [3.8, 4) is 0 Å². The monoisotopic (exact) mass is 213 g/mol. The van der Waals surface area contributed by atoms with Crippen LogP contribution in [0.2, 0.25) is 0 Å². The molecule has 2 rings (SSSR count). The van der Waals surface area contributed by atoms with Crippen LogP contribution in [0.5, 0.6) is 0 Å². The van der Waals surface area contributed by atoms with Gasteiger partial charge in [0.15, 0.2) is 0 Å². The van der Waals surface area contributed by atoms with Gasteiger partial charge in [-0.05, 0) is 56.1 Å². The van der Waals surface area contributed by atoms with Crippen LogP contribution in [0.4, 0.5) is 0 Å². The van der Waals surface area contributed by atoms with Gasteiger partial charge in [0.1, 0.15) is 0 Å². The highest BCUT2D eigenvalue weighted by atomic mass is 35.5. The molecule has 80 valence electrons. The Kier molecular flexibility index (Phi) is 3.51. The third kappa shape index (κ3) is 2.32. The summed E-state index contributed by atoms with van der Waals surface area (Å²) in [5.74, 6) is 3.06. The van der Waals surface area contributed by atoms with E-state index in [4.69, 9.17) is 11.6 Å². The standard InChI is InChI=1S/C12H20ClN/c1-9(6-13)7-14-8-12-5-10-2-3-11(12)4-10/h6,10-12,14H,2-5,7-8H2,1H3. The molecule has 2 heteroatoms. The van der Waals surface area contributed by atoms with Crippen LogP contribution in [0.3, 0.4) is 0 Å². The van der Waals surface area contributed by atoms with Crippen LogP contribution in [0, 0.1) is 17.8 Å². The van der Waals surface area contributed by atoms with Gasteiger partial charge < -0.3 is 5.32 Å². The lowest BCUT2D eigenvalue weighted by Gasteiger charge is -2.21. The zero-order chi connectivity index (χ0) is 9.97. The molecule has 0 aromatic heterocycles. The van der Waals surface area contributed by atoms with E-state index in [2.05, 4.69) is 12.2 Å². The van der Waals surface area contributed by atoms with E-state index in [1.807, 2.05) is 0 Å². The number of hydrogen-bond acceptors (Lipinski definition) is 1. The van der Waals surface area contributed by atoms with Crippen molar-refractivity contribution < 1.29 is 0 Å². The molecular formula is C12H20ClN. The van der Waals surface area contributed by atoms with Crippen molar-refractivity contribution in [2.24, 2.45) is 17.8 Å². The van der Waals surface area contributed by atoms with Crippen molar-refractivity contribution in [2.75, 3.05) is 13.1 Å². The molecule has 1 N–H and O–H groups in total. The summed E-state index contributed by atoms with van der Waals surface area (Å²) in [6, 6.07) is 0. The number of nitrogens with one attached hydrogen (secondary N) is 1. The van der Waals surface area contributed by atoms with Crippen molar-refractivity contribution in [1.82, 2.24) is 5.32 Å². The molecule has 0 heterocycles. The van der Waals surface area contributed by atoms with E-state index in [0.717, 1.165) is 24.3 Å². The highest BCUT2D eigenvalue weighted by molar-refractivity contribution is 6.25. The fourth-order valence-electron chi connectivity index (χ4n) is 3.12. The van der Waals surface area contributed by atoms with Gasteiger partial charge in [-0.15, -0.1) is 0 Å². The van der Waals surface area contributed by atoms with E-state index < -0.39 is 0 Å². The lowest BCUT2D eigenvalue weighted by molar-refractivity contribution is 0.322. The van der Waals surface area contributed by atoms with E-state index in [-0.39, 0.29) is 0 Å². The number of rotatable bonds is 4. The maximum Gasteiger partial charge on any atom is 0.0173 e. The van der Waals surface area contributed by atoms with Gasteiger partial charge in [-0.3, -0.25) is 0 Å². The minimum atomic E-state index is 0.955. The zero-order valence-corrected chi connectivity index (χ0v) is 9.69. The van der Waals surface area contributed by atoms with E-state index >= 15 is 0 Å². The maximum absolute atomic E-state index is 5.61. The molecular weight excluding hydrogens is 194 g/mol. The normalized spacial score (nSPS) is 36.7. The Morgan fingerprint density at radius 3 is 2.86 bits per heavy atom. The Hall–Kier alpha value is -0.0100. The van der Waals surface area contributed by atoms with Crippen molar-refractivity contribution in [2.45, 2.75) is 32.6 Å². The third-order valence-corrected chi connectivity index (χ3v) is 4.25. The second-order valence-electron chi connectivity index (χ2n) is 5.02. The lowest BCUT2D eigenvalue weighted by atomic mass is 9.89. The highest BCUT2D eigenvalue weighted by Gasteiger charge is 2.38. The van der Waals surface area contributed by atoms with E-state index in [1.165, 1.54) is 37.8 Å². The molecule has 2 saturated carbocycles. The van der Waals surface area contributed by atoms with E-state index in [0.29, 0.717) is 0 Å². The molecule has 0 aromatic carbocycles. The van der Waals surface area contributed by atoms with Gasteiger partial charge in [-0.25, -0.2) is 0 Å². The average Bonchev–Trinajstić information content (AvgIpc) is 2.79. The van der Waals surface area contributed by atoms with E-state index in [9.17, 15) is 0 Å². The molecule has 0 aliphatic heterocycles. The number of hydrogen-bond donors (Lipinski definition) is 1. The fourth-order valence-corrected chi connectivity index (χ4v) is 3.20. The first kappa shape index (κ1) is 10.5. The molecule has 0 amide bonds. The SMILES string of the molecule is CC(=CCl)CNCC1CC2CCC1C2. The van der Waals surface area contributed by atoms with Gasteiger partial charge in [0.2, 0.25) is 0 Å². The molecule has 2 fully saturated rings. The van der Waals surface area contributed by atoms with Crippen molar-refractivity contribution in [3.63, 3.8) is 0 Å². The van der Waals surface area contributed by atoms with Gasteiger partial charge in [0, 0.05) is 12.1 Å². The minimum absolute atomic E-state index is 0.955. The Morgan fingerprint density at radius 1 is 1.43 bits per heavy atom. The van der Waals surface area contributed by atoms with Crippen LogP contribution in [-0.2, 0) is 0 Å². The number of halogens is 1. The van der Waals surface area contributed by atoms with Crippen LogP contribution in [-0.4, -0.2) is 13.1 Å². The third-order valence-electron chi connectivity index (χ3n) is 3.88. The second-order valence-corrected chi connectivity index (χ2v) is 5.24. The lowest BCUT2D eigenvalue weighted by Crippen LogP contribution is -2.27. The molecule has 2 aliphatic carbocycles. The smallest absolute Gasteiger partial charge is 0.0173 e. The predicted octanol–water partition coefficient (Wildman–Crippen LogP) is 3.15.